The van der Waals surface area contributed by atoms with Crippen LogP contribution in [0, 0.1) is 6.92 Å². The lowest BCUT2D eigenvalue weighted by Gasteiger charge is -2.36. The van der Waals surface area contributed by atoms with Gasteiger partial charge >= 0.3 is 12.0 Å². The molecule has 4 rings (SSSR count). The third kappa shape index (κ3) is 7.55. The number of benzene rings is 3. The van der Waals surface area contributed by atoms with E-state index in [0.717, 1.165) is 35.5 Å². The number of aryl methyl sites for hydroxylation is 1. The highest BCUT2D eigenvalue weighted by molar-refractivity contribution is 6.30. The quantitative estimate of drug-likeness (QED) is 0.394. The molecule has 1 atom stereocenters. The molecule has 1 aliphatic rings. The zero-order chi connectivity index (χ0) is 26.2. The Hall–Kier alpha value is -3.39. The van der Waals surface area contributed by atoms with Crippen molar-refractivity contribution < 1.29 is 19.1 Å². The first kappa shape index (κ1) is 26.7. The second-order valence-corrected chi connectivity index (χ2v) is 9.56. The number of urea groups is 1. The van der Waals surface area contributed by atoms with Crippen molar-refractivity contribution >= 4 is 29.3 Å². The number of piperazine rings is 1. The molecule has 0 saturated carbocycles. The van der Waals surface area contributed by atoms with E-state index in [1.54, 1.807) is 12.1 Å². The number of methoxy groups -OCH3 is 1. The molecule has 0 aliphatic carbocycles. The maximum absolute atomic E-state index is 12.7. The molecule has 1 N–H and O–H groups in total. The summed E-state index contributed by atoms with van der Waals surface area (Å²) in [6.45, 7) is 5.87. The molecular formula is C29H32ClN3O4. The zero-order valence-corrected chi connectivity index (χ0v) is 21.9. The van der Waals surface area contributed by atoms with E-state index >= 15 is 0 Å². The number of nitrogens with one attached hydrogen (secondary N) is 1. The minimum Gasteiger partial charge on any atom is -0.465 e. The van der Waals surface area contributed by atoms with Crippen molar-refractivity contribution in [3.8, 4) is 0 Å². The Morgan fingerprint density at radius 2 is 1.68 bits per heavy atom. The van der Waals surface area contributed by atoms with E-state index < -0.39 is 0 Å². The van der Waals surface area contributed by atoms with E-state index in [4.69, 9.17) is 21.1 Å². The molecule has 0 radical (unpaired) electrons. The van der Waals surface area contributed by atoms with Crippen LogP contribution in [0.15, 0.2) is 72.8 Å². The standard InChI is InChI=1S/C29H32ClN3O4/c1-21-4-3-5-26(18-21)31-29(35)33-16-14-32(15-17-33)19-27(23-10-12-25(30)13-11-23)37-20-22-6-8-24(9-7-22)28(34)36-2/h3-13,18,27H,14-17,19-20H2,1-2H3,(H,31,35). The van der Waals surface area contributed by atoms with Crippen LogP contribution in [0.2, 0.25) is 5.02 Å². The number of anilines is 1. The summed E-state index contributed by atoms with van der Waals surface area (Å²) in [6, 6.07) is 22.7. The minimum atomic E-state index is -0.363. The monoisotopic (exact) mass is 521 g/mol. The molecule has 1 fully saturated rings. The van der Waals surface area contributed by atoms with Crippen LogP contribution >= 0.6 is 11.6 Å². The maximum Gasteiger partial charge on any atom is 0.337 e. The normalized spacial score (nSPS) is 14.7. The van der Waals surface area contributed by atoms with E-state index in [1.807, 2.05) is 72.5 Å². The van der Waals surface area contributed by atoms with E-state index in [0.29, 0.717) is 36.8 Å². The topological polar surface area (TPSA) is 71.1 Å². The number of ether oxygens (including phenoxy) is 2. The van der Waals surface area contributed by atoms with Crippen molar-refractivity contribution in [2.75, 3.05) is 45.2 Å². The molecule has 8 heteroatoms. The SMILES string of the molecule is COC(=O)c1ccc(COC(CN2CCN(C(=O)Nc3cccc(C)c3)CC2)c2ccc(Cl)cc2)cc1. The van der Waals surface area contributed by atoms with Crippen LogP contribution in [0.3, 0.4) is 0 Å². The van der Waals surface area contributed by atoms with Crippen molar-refractivity contribution in [2.24, 2.45) is 0 Å². The van der Waals surface area contributed by atoms with Gasteiger partial charge in [0.15, 0.2) is 0 Å². The van der Waals surface area contributed by atoms with Gasteiger partial charge < -0.3 is 19.7 Å². The van der Waals surface area contributed by atoms with Crippen LogP contribution in [0.4, 0.5) is 10.5 Å². The largest absolute Gasteiger partial charge is 0.465 e. The molecule has 1 heterocycles. The molecule has 0 bridgehead atoms. The Labute approximate surface area is 222 Å². The first-order valence-corrected chi connectivity index (χ1v) is 12.7. The molecule has 1 saturated heterocycles. The summed E-state index contributed by atoms with van der Waals surface area (Å²) in [5, 5.41) is 3.67. The summed E-state index contributed by atoms with van der Waals surface area (Å²) in [7, 11) is 1.37. The van der Waals surface area contributed by atoms with Crippen LogP contribution < -0.4 is 5.32 Å². The predicted molar refractivity (Wildman–Crippen MR) is 145 cm³/mol. The van der Waals surface area contributed by atoms with Crippen molar-refractivity contribution in [3.05, 3.63) is 100 Å². The van der Waals surface area contributed by atoms with E-state index in [9.17, 15) is 9.59 Å². The van der Waals surface area contributed by atoms with Crippen molar-refractivity contribution in [3.63, 3.8) is 0 Å². The lowest BCUT2D eigenvalue weighted by molar-refractivity contribution is 0.00592. The summed E-state index contributed by atoms with van der Waals surface area (Å²) >= 11 is 6.11. The second-order valence-electron chi connectivity index (χ2n) is 9.13. The molecule has 1 unspecified atom stereocenters. The summed E-state index contributed by atoms with van der Waals surface area (Å²) in [5.41, 5.74) is 4.42. The van der Waals surface area contributed by atoms with E-state index in [2.05, 4.69) is 10.2 Å². The molecule has 3 aromatic carbocycles. The molecule has 3 aromatic rings. The van der Waals surface area contributed by atoms with Crippen LogP contribution in [0.1, 0.15) is 33.2 Å². The highest BCUT2D eigenvalue weighted by Gasteiger charge is 2.24. The third-order valence-corrected chi connectivity index (χ3v) is 6.67. The Balaban J connectivity index is 1.35. The van der Waals surface area contributed by atoms with Gasteiger partial charge in [-0.25, -0.2) is 9.59 Å². The first-order valence-electron chi connectivity index (χ1n) is 12.3. The fraction of sp³-hybridized carbons (Fsp3) is 0.310. The molecule has 0 aromatic heterocycles. The van der Waals surface area contributed by atoms with Gasteiger partial charge in [0, 0.05) is 43.4 Å². The molecular weight excluding hydrogens is 490 g/mol. The second kappa shape index (κ2) is 12.7. The molecule has 0 spiro atoms. The van der Waals surface area contributed by atoms with Crippen LogP contribution in [0.5, 0.6) is 0 Å². The number of nitrogens with zero attached hydrogens (tertiary/aromatic N) is 2. The van der Waals surface area contributed by atoms with Gasteiger partial charge in [0.2, 0.25) is 0 Å². The summed E-state index contributed by atoms with van der Waals surface area (Å²) in [6.07, 6.45) is -0.176. The fourth-order valence-electron chi connectivity index (χ4n) is 4.28. The number of carbonyl (C=O) groups is 2. The first-order chi connectivity index (χ1) is 17.9. The number of halogens is 1. The van der Waals surface area contributed by atoms with Crippen LogP contribution in [-0.4, -0.2) is 61.6 Å². The molecule has 37 heavy (non-hydrogen) atoms. The Morgan fingerprint density at radius 1 is 0.973 bits per heavy atom. The average molecular weight is 522 g/mol. The molecule has 2 amide bonds. The van der Waals surface area contributed by atoms with Gasteiger partial charge in [0.1, 0.15) is 0 Å². The lowest BCUT2D eigenvalue weighted by atomic mass is 10.1. The predicted octanol–water partition coefficient (Wildman–Crippen LogP) is 5.54. The van der Waals surface area contributed by atoms with Crippen LogP contribution in [-0.2, 0) is 16.1 Å². The number of hydrogen-bond acceptors (Lipinski definition) is 5. The van der Waals surface area contributed by atoms with E-state index in [1.165, 1.54) is 7.11 Å². The maximum atomic E-state index is 12.7. The number of hydrogen-bond donors (Lipinski definition) is 1. The third-order valence-electron chi connectivity index (χ3n) is 6.42. The summed E-state index contributed by atoms with van der Waals surface area (Å²) in [5.74, 6) is -0.363. The molecule has 1 aliphatic heterocycles. The highest BCUT2D eigenvalue weighted by atomic mass is 35.5. The van der Waals surface area contributed by atoms with Gasteiger partial charge in [-0.1, -0.05) is 48.0 Å². The van der Waals surface area contributed by atoms with Gasteiger partial charge in [0.25, 0.3) is 0 Å². The summed E-state index contributed by atoms with van der Waals surface area (Å²) in [4.78, 5) is 28.6. The number of carbonyl (C=O) groups excluding carboxylic acids is 2. The van der Waals surface area contributed by atoms with Gasteiger partial charge in [-0.3, -0.25) is 4.90 Å². The number of amides is 2. The van der Waals surface area contributed by atoms with Gasteiger partial charge in [-0.2, -0.15) is 0 Å². The Kier molecular flexibility index (Phi) is 9.17. The van der Waals surface area contributed by atoms with Gasteiger partial charge in [-0.05, 0) is 60.0 Å². The molecule has 7 nitrogen and oxygen atoms in total. The van der Waals surface area contributed by atoms with Gasteiger partial charge in [0.05, 0.1) is 25.4 Å². The van der Waals surface area contributed by atoms with Crippen molar-refractivity contribution in [1.29, 1.82) is 0 Å². The number of rotatable bonds is 8. The highest BCUT2D eigenvalue weighted by Crippen LogP contribution is 2.24. The van der Waals surface area contributed by atoms with Crippen molar-refractivity contribution in [2.45, 2.75) is 19.6 Å². The smallest absolute Gasteiger partial charge is 0.337 e. The number of esters is 1. The van der Waals surface area contributed by atoms with E-state index in [-0.39, 0.29) is 18.1 Å². The average Bonchev–Trinajstić information content (AvgIpc) is 2.91. The Morgan fingerprint density at radius 3 is 2.32 bits per heavy atom. The molecule has 194 valence electrons. The van der Waals surface area contributed by atoms with Crippen LogP contribution in [0.25, 0.3) is 0 Å². The summed E-state index contributed by atoms with van der Waals surface area (Å²) < 4.78 is 11.1. The minimum absolute atomic E-state index is 0.0776. The lowest BCUT2D eigenvalue weighted by Crippen LogP contribution is -2.50. The fourth-order valence-corrected chi connectivity index (χ4v) is 4.40. The van der Waals surface area contributed by atoms with Gasteiger partial charge in [-0.15, -0.1) is 0 Å². The Bertz CT molecular complexity index is 1190. The van der Waals surface area contributed by atoms with Crippen molar-refractivity contribution in [1.82, 2.24) is 9.80 Å². The zero-order valence-electron chi connectivity index (χ0n) is 21.2.